The zero-order valence-corrected chi connectivity index (χ0v) is 22.1. The van der Waals surface area contributed by atoms with Gasteiger partial charge >= 0.3 is 0 Å². The van der Waals surface area contributed by atoms with Gasteiger partial charge in [0.1, 0.15) is 4.88 Å². The Kier molecular flexibility index (Phi) is 9.19. The number of hydroxylamine groups is 1. The lowest BCUT2D eigenvalue weighted by molar-refractivity contribution is 0.0710. The van der Waals surface area contributed by atoms with Gasteiger partial charge in [0.15, 0.2) is 5.13 Å². The summed E-state index contributed by atoms with van der Waals surface area (Å²) in [4.78, 5) is 18.1. The van der Waals surface area contributed by atoms with Crippen molar-refractivity contribution in [2.75, 3.05) is 42.1 Å². The highest BCUT2D eigenvalue weighted by atomic mass is 32.2. The van der Waals surface area contributed by atoms with Crippen LogP contribution in [-0.4, -0.2) is 74.9 Å². The number of hydrogen-bond donors (Lipinski definition) is 5. The van der Waals surface area contributed by atoms with Crippen molar-refractivity contribution >= 4 is 48.1 Å². The number of anilines is 2. The average Bonchev–Trinajstić information content (AvgIpc) is 3.39. The molecule has 0 spiro atoms. The lowest BCUT2D eigenvalue weighted by Crippen LogP contribution is -2.48. The SMILES string of the molecule is CS(=O)(=O)Nc1ccc(-c2ccccc2S(=O)(=O)N2CCN(c3ncc(C(=O)NO)s3)CC2)cc1.NO. The number of benzene rings is 2. The van der Waals surface area contributed by atoms with Crippen molar-refractivity contribution in [2.24, 2.45) is 5.90 Å². The molecule has 1 saturated heterocycles. The molecule has 0 aliphatic carbocycles. The van der Waals surface area contributed by atoms with Crippen LogP contribution < -0.4 is 21.0 Å². The van der Waals surface area contributed by atoms with Gasteiger partial charge in [0.25, 0.3) is 5.91 Å². The number of aromatic nitrogens is 1. The molecule has 2 heterocycles. The molecule has 0 atom stereocenters. The molecule has 1 aromatic heterocycles. The summed E-state index contributed by atoms with van der Waals surface area (Å²) in [6.45, 7) is 1.24. The molecule has 1 aliphatic rings. The van der Waals surface area contributed by atoms with Gasteiger partial charge in [0, 0.05) is 37.4 Å². The molecule has 16 heteroatoms. The first kappa shape index (κ1) is 28.5. The minimum atomic E-state index is -3.82. The standard InChI is InChI=1S/C21H23N5O6S3.H3NO/c1-34(29,30)24-16-8-6-15(7-9-16)17-4-2-3-5-19(17)35(31,32)26-12-10-25(11-13-26)21-22-14-18(33-21)20(27)23-28;1-2/h2-9,14,24,28H,10-13H2,1H3,(H,23,27);2H,1H2. The monoisotopic (exact) mass is 570 g/mol. The van der Waals surface area contributed by atoms with Gasteiger partial charge in [-0.2, -0.15) is 4.31 Å². The quantitative estimate of drug-likeness (QED) is 0.203. The maximum atomic E-state index is 13.5. The predicted octanol–water partition coefficient (Wildman–Crippen LogP) is 1.15. The van der Waals surface area contributed by atoms with Gasteiger partial charge < -0.3 is 10.1 Å². The molecule has 4 rings (SSSR count). The average molecular weight is 571 g/mol. The van der Waals surface area contributed by atoms with Crippen LogP contribution in [0.3, 0.4) is 0 Å². The summed E-state index contributed by atoms with van der Waals surface area (Å²) in [6.07, 6.45) is 2.42. The molecule has 200 valence electrons. The number of nitrogens with zero attached hydrogens (tertiary/aromatic N) is 3. The molecule has 6 N–H and O–H groups in total. The smallest absolute Gasteiger partial charge is 0.286 e. The first-order valence-electron chi connectivity index (χ1n) is 10.7. The van der Waals surface area contributed by atoms with E-state index in [0.717, 1.165) is 17.6 Å². The third kappa shape index (κ3) is 6.80. The van der Waals surface area contributed by atoms with Crippen molar-refractivity contribution in [1.82, 2.24) is 14.8 Å². The highest BCUT2D eigenvalue weighted by molar-refractivity contribution is 7.92. The van der Waals surface area contributed by atoms with Crippen molar-refractivity contribution in [1.29, 1.82) is 0 Å². The summed E-state index contributed by atoms with van der Waals surface area (Å²) in [7, 11) is -7.24. The molecule has 37 heavy (non-hydrogen) atoms. The van der Waals surface area contributed by atoms with E-state index >= 15 is 0 Å². The highest BCUT2D eigenvalue weighted by Gasteiger charge is 2.31. The summed E-state index contributed by atoms with van der Waals surface area (Å²) < 4.78 is 53.8. The number of nitrogens with one attached hydrogen (secondary N) is 2. The van der Waals surface area contributed by atoms with Gasteiger partial charge in [0.2, 0.25) is 20.0 Å². The first-order valence-corrected chi connectivity index (χ1v) is 14.8. The van der Waals surface area contributed by atoms with Crippen LogP contribution in [0.4, 0.5) is 10.8 Å². The fraction of sp³-hybridized carbons (Fsp3) is 0.238. The van der Waals surface area contributed by atoms with Crippen LogP contribution >= 0.6 is 11.3 Å². The van der Waals surface area contributed by atoms with Gasteiger partial charge in [-0.25, -0.2) is 33.2 Å². The Balaban J connectivity index is 0.00000186. The van der Waals surface area contributed by atoms with Gasteiger partial charge in [-0.1, -0.05) is 41.7 Å². The minimum Gasteiger partial charge on any atom is -0.345 e. The van der Waals surface area contributed by atoms with Crippen LogP contribution in [0.2, 0.25) is 0 Å². The van der Waals surface area contributed by atoms with Crippen LogP contribution in [0.15, 0.2) is 59.6 Å². The number of piperazine rings is 1. The molecular formula is C21H26N6O7S3. The van der Waals surface area contributed by atoms with Gasteiger partial charge in [0.05, 0.1) is 17.3 Å². The molecule has 3 aromatic rings. The van der Waals surface area contributed by atoms with Crippen molar-refractivity contribution in [3.63, 3.8) is 0 Å². The Hall–Kier alpha value is -3.12. The summed E-state index contributed by atoms with van der Waals surface area (Å²) in [5.74, 6) is 2.85. The third-order valence-electron chi connectivity index (χ3n) is 5.33. The number of carbonyl (C=O) groups is 1. The number of carbonyl (C=O) groups excluding carboxylic acids is 1. The van der Waals surface area contributed by atoms with Crippen LogP contribution in [0.25, 0.3) is 11.1 Å². The summed E-state index contributed by atoms with van der Waals surface area (Å²) in [5, 5.41) is 15.8. The lowest BCUT2D eigenvalue weighted by Gasteiger charge is -2.34. The Morgan fingerprint density at radius 2 is 1.62 bits per heavy atom. The fourth-order valence-corrected chi connectivity index (χ4v) is 6.75. The van der Waals surface area contributed by atoms with Crippen LogP contribution in [0, 0.1) is 0 Å². The third-order valence-corrected chi connectivity index (χ3v) is 8.95. The second kappa shape index (κ2) is 12.0. The highest BCUT2D eigenvalue weighted by Crippen LogP contribution is 2.31. The van der Waals surface area contributed by atoms with E-state index in [1.54, 1.807) is 54.0 Å². The van der Waals surface area contributed by atoms with E-state index in [9.17, 15) is 21.6 Å². The van der Waals surface area contributed by atoms with E-state index in [4.69, 9.17) is 10.4 Å². The Morgan fingerprint density at radius 3 is 2.22 bits per heavy atom. The molecule has 13 nitrogen and oxygen atoms in total. The number of thiazole rings is 1. The maximum Gasteiger partial charge on any atom is 0.286 e. The van der Waals surface area contributed by atoms with Crippen LogP contribution in [-0.2, 0) is 20.0 Å². The summed E-state index contributed by atoms with van der Waals surface area (Å²) in [5.41, 5.74) is 3.11. The second-order valence-electron chi connectivity index (χ2n) is 7.79. The maximum absolute atomic E-state index is 13.5. The predicted molar refractivity (Wildman–Crippen MR) is 139 cm³/mol. The Morgan fingerprint density at radius 1 is 1.00 bits per heavy atom. The van der Waals surface area contributed by atoms with E-state index in [2.05, 4.69) is 15.6 Å². The van der Waals surface area contributed by atoms with Crippen molar-refractivity contribution < 1.29 is 32.0 Å². The van der Waals surface area contributed by atoms with Crippen molar-refractivity contribution in [3.05, 3.63) is 59.6 Å². The molecule has 1 aliphatic heterocycles. The van der Waals surface area contributed by atoms with E-state index in [1.807, 2.05) is 4.90 Å². The van der Waals surface area contributed by atoms with Gasteiger partial charge in [-0.05, 0) is 23.8 Å². The largest absolute Gasteiger partial charge is 0.345 e. The fourth-order valence-electron chi connectivity index (χ4n) is 3.69. The number of nitrogens with two attached hydrogens (primary N) is 1. The second-order valence-corrected chi connectivity index (χ2v) is 12.5. The van der Waals surface area contributed by atoms with Crippen LogP contribution in [0.5, 0.6) is 0 Å². The number of rotatable bonds is 7. The molecule has 0 unspecified atom stereocenters. The summed E-state index contributed by atoms with van der Waals surface area (Å²) >= 11 is 1.11. The first-order chi connectivity index (χ1) is 17.6. The summed E-state index contributed by atoms with van der Waals surface area (Å²) in [6, 6.07) is 13.2. The van der Waals surface area contributed by atoms with E-state index in [1.165, 1.54) is 10.5 Å². The lowest BCUT2D eigenvalue weighted by atomic mass is 10.1. The molecule has 0 bridgehead atoms. The Bertz CT molecular complexity index is 1440. The number of amides is 1. The van der Waals surface area contributed by atoms with E-state index in [0.29, 0.717) is 35.0 Å². The Labute approximate surface area is 218 Å². The topological polar surface area (TPSA) is 195 Å². The van der Waals surface area contributed by atoms with E-state index < -0.39 is 26.0 Å². The normalized spacial score (nSPS) is 14.4. The molecule has 0 radical (unpaired) electrons. The molecular weight excluding hydrogens is 544 g/mol. The van der Waals surface area contributed by atoms with Crippen molar-refractivity contribution in [3.8, 4) is 11.1 Å². The molecule has 1 amide bonds. The van der Waals surface area contributed by atoms with E-state index in [-0.39, 0.29) is 22.9 Å². The molecule has 2 aromatic carbocycles. The van der Waals surface area contributed by atoms with Crippen LogP contribution in [0.1, 0.15) is 9.67 Å². The van der Waals surface area contributed by atoms with Gasteiger partial charge in [-0.15, -0.1) is 0 Å². The zero-order chi connectivity index (χ0) is 27.2. The minimum absolute atomic E-state index is 0.161. The molecule has 1 fully saturated rings. The van der Waals surface area contributed by atoms with Crippen molar-refractivity contribution in [2.45, 2.75) is 4.90 Å². The molecule has 0 saturated carbocycles. The van der Waals surface area contributed by atoms with Gasteiger partial charge in [-0.3, -0.25) is 14.7 Å². The zero-order valence-electron chi connectivity index (χ0n) is 19.6. The number of hydrogen-bond acceptors (Lipinski definition) is 11. The number of sulfonamides is 2.